The highest BCUT2D eigenvalue weighted by Gasteiger charge is 2.21. The molecule has 2 aromatic heterocycles. The van der Waals surface area contributed by atoms with Crippen LogP contribution >= 0.6 is 11.8 Å². The Balaban J connectivity index is 1.61. The molecule has 0 amide bonds. The highest BCUT2D eigenvalue weighted by molar-refractivity contribution is 7.98. The molecule has 0 unspecified atom stereocenters. The molecule has 0 bridgehead atoms. The van der Waals surface area contributed by atoms with Crippen molar-refractivity contribution in [3.05, 3.63) is 11.7 Å². The summed E-state index contributed by atoms with van der Waals surface area (Å²) in [6.07, 6.45) is 6.03. The first-order valence-electron chi connectivity index (χ1n) is 6.93. The van der Waals surface area contributed by atoms with Crippen molar-refractivity contribution >= 4 is 23.7 Å². The number of nitrogen functional groups attached to an aromatic ring is 2. The van der Waals surface area contributed by atoms with Gasteiger partial charge in [0.15, 0.2) is 0 Å². The maximum absolute atomic E-state index is 5.71. The Labute approximate surface area is 126 Å². The smallest absolute Gasteiger partial charge is 0.277 e. The third kappa shape index (κ3) is 3.60. The van der Waals surface area contributed by atoms with E-state index in [2.05, 4.69) is 25.1 Å². The molecule has 0 spiro atoms. The van der Waals surface area contributed by atoms with E-state index < -0.39 is 0 Å². The zero-order valence-electron chi connectivity index (χ0n) is 11.5. The summed E-state index contributed by atoms with van der Waals surface area (Å²) in [5.74, 6) is 2.35. The quantitative estimate of drug-likeness (QED) is 0.811. The molecule has 9 heteroatoms. The average molecular weight is 307 g/mol. The van der Waals surface area contributed by atoms with Gasteiger partial charge in [-0.15, -0.1) is 10.2 Å². The zero-order valence-corrected chi connectivity index (χ0v) is 12.3. The standard InChI is InChI=1S/C12H17N7OS/c13-10-15-8(16-11(14)17-10)6-21-12-19-18-9(20-12)7-4-2-1-3-5-7/h7H,1-6H2,(H4,13,14,15,16,17). The zero-order chi connectivity index (χ0) is 14.7. The van der Waals surface area contributed by atoms with Gasteiger partial charge < -0.3 is 15.9 Å². The normalized spacial score (nSPS) is 16.2. The number of anilines is 2. The van der Waals surface area contributed by atoms with Crippen molar-refractivity contribution in [3.63, 3.8) is 0 Å². The van der Waals surface area contributed by atoms with Crippen LogP contribution in [0.4, 0.5) is 11.9 Å². The number of thioether (sulfide) groups is 1. The minimum atomic E-state index is 0.117. The maximum Gasteiger partial charge on any atom is 0.277 e. The van der Waals surface area contributed by atoms with Gasteiger partial charge in [-0.2, -0.15) is 15.0 Å². The van der Waals surface area contributed by atoms with E-state index in [9.17, 15) is 0 Å². The highest BCUT2D eigenvalue weighted by Crippen LogP contribution is 2.33. The van der Waals surface area contributed by atoms with Crippen LogP contribution in [0.3, 0.4) is 0 Å². The van der Waals surface area contributed by atoms with E-state index >= 15 is 0 Å². The molecule has 0 saturated heterocycles. The second-order valence-corrected chi connectivity index (χ2v) is 5.92. The molecule has 3 rings (SSSR count). The fourth-order valence-electron chi connectivity index (χ4n) is 2.44. The van der Waals surface area contributed by atoms with Gasteiger partial charge in [0, 0.05) is 5.92 Å². The molecule has 1 aliphatic rings. The topological polar surface area (TPSA) is 130 Å². The van der Waals surface area contributed by atoms with Crippen LogP contribution in [0.25, 0.3) is 0 Å². The van der Waals surface area contributed by atoms with Crippen molar-refractivity contribution in [1.82, 2.24) is 25.1 Å². The van der Waals surface area contributed by atoms with E-state index in [0.29, 0.717) is 22.7 Å². The van der Waals surface area contributed by atoms with E-state index in [1.807, 2.05) is 0 Å². The molecule has 1 aliphatic carbocycles. The Hall–Kier alpha value is -1.90. The molecule has 2 aromatic rings. The van der Waals surface area contributed by atoms with Gasteiger partial charge in [-0.25, -0.2) is 0 Å². The van der Waals surface area contributed by atoms with E-state index in [4.69, 9.17) is 15.9 Å². The molecule has 4 N–H and O–H groups in total. The molecular weight excluding hydrogens is 290 g/mol. The largest absolute Gasteiger partial charge is 0.416 e. The number of aromatic nitrogens is 5. The fraction of sp³-hybridized carbons (Fsp3) is 0.583. The first-order valence-corrected chi connectivity index (χ1v) is 7.91. The minimum absolute atomic E-state index is 0.117. The maximum atomic E-state index is 5.71. The number of nitrogens with two attached hydrogens (primary N) is 2. The third-order valence-corrected chi connectivity index (χ3v) is 4.23. The van der Waals surface area contributed by atoms with Gasteiger partial charge >= 0.3 is 0 Å². The SMILES string of the molecule is Nc1nc(N)nc(CSc2nnc(C3CCCCC3)o2)n1. The Kier molecular flexibility index (Phi) is 4.18. The van der Waals surface area contributed by atoms with Crippen LogP contribution < -0.4 is 11.5 Å². The number of nitrogens with zero attached hydrogens (tertiary/aromatic N) is 5. The lowest BCUT2D eigenvalue weighted by Crippen LogP contribution is -2.05. The van der Waals surface area contributed by atoms with Crippen LogP contribution in [-0.2, 0) is 5.75 Å². The van der Waals surface area contributed by atoms with Gasteiger partial charge in [0.2, 0.25) is 17.8 Å². The molecule has 112 valence electrons. The predicted octanol–water partition coefficient (Wildman–Crippen LogP) is 1.76. The molecule has 1 fully saturated rings. The van der Waals surface area contributed by atoms with Crippen molar-refractivity contribution in [2.45, 2.75) is 49.0 Å². The molecular formula is C12H17N7OS. The van der Waals surface area contributed by atoms with Crippen molar-refractivity contribution in [3.8, 4) is 0 Å². The first-order chi connectivity index (χ1) is 10.2. The summed E-state index contributed by atoms with van der Waals surface area (Å²) >= 11 is 1.37. The van der Waals surface area contributed by atoms with E-state index in [0.717, 1.165) is 18.7 Å². The van der Waals surface area contributed by atoms with Crippen molar-refractivity contribution < 1.29 is 4.42 Å². The summed E-state index contributed by atoms with van der Waals surface area (Å²) in [4.78, 5) is 11.7. The van der Waals surface area contributed by atoms with Crippen molar-refractivity contribution in [1.29, 1.82) is 0 Å². The molecule has 2 heterocycles. The van der Waals surface area contributed by atoms with Gasteiger partial charge in [0.05, 0.1) is 5.75 Å². The first kappa shape index (κ1) is 14.1. The molecule has 1 saturated carbocycles. The molecule has 21 heavy (non-hydrogen) atoms. The minimum Gasteiger partial charge on any atom is -0.416 e. The van der Waals surface area contributed by atoms with E-state index in [-0.39, 0.29) is 11.9 Å². The van der Waals surface area contributed by atoms with Crippen LogP contribution in [0, 0.1) is 0 Å². The van der Waals surface area contributed by atoms with Crippen LogP contribution in [0.5, 0.6) is 0 Å². The second-order valence-electron chi connectivity index (χ2n) is 5.00. The Bertz CT molecular complexity index is 591. The Morgan fingerprint density at radius 2 is 1.71 bits per heavy atom. The summed E-state index contributed by atoms with van der Waals surface area (Å²) in [5.41, 5.74) is 11.1. The van der Waals surface area contributed by atoms with Gasteiger partial charge in [-0.3, -0.25) is 0 Å². The number of hydrogen-bond donors (Lipinski definition) is 2. The van der Waals surface area contributed by atoms with Crippen LogP contribution in [0.2, 0.25) is 0 Å². The monoisotopic (exact) mass is 307 g/mol. The molecule has 0 radical (unpaired) electrons. The third-order valence-electron chi connectivity index (χ3n) is 3.42. The summed E-state index contributed by atoms with van der Waals surface area (Å²) in [5, 5.41) is 8.73. The fourth-order valence-corrected chi connectivity index (χ4v) is 3.07. The molecule has 8 nitrogen and oxygen atoms in total. The second kappa shape index (κ2) is 6.25. The van der Waals surface area contributed by atoms with E-state index in [1.54, 1.807) is 0 Å². The van der Waals surface area contributed by atoms with Crippen molar-refractivity contribution in [2.24, 2.45) is 0 Å². The predicted molar refractivity (Wildman–Crippen MR) is 78.3 cm³/mol. The van der Waals surface area contributed by atoms with Crippen LogP contribution in [-0.4, -0.2) is 25.1 Å². The summed E-state index contributed by atoms with van der Waals surface area (Å²) < 4.78 is 5.71. The molecule has 0 aliphatic heterocycles. The average Bonchev–Trinajstić information content (AvgIpc) is 2.94. The van der Waals surface area contributed by atoms with Gasteiger partial charge in [0.1, 0.15) is 5.82 Å². The summed E-state index contributed by atoms with van der Waals surface area (Å²) in [6, 6.07) is 0. The number of rotatable bonds is 4. The van der Waals surface area contributed by atoms with Crippen LogP contribution in [0.1, 0.15) is 49.7 Å². The Morgan fingerprint density at radius 1 is 1.00 bits per heavy atom. The highest BCUT2D eigenvalue weighted by atomic mass is 32.2. The molecule has 0 aromatic carbocycles. The molecule has 0 atom stereocenters. The van der Waals surface area contributed by atoms with Gasteiger partial charge in [-0.05, 0) is 12.8 Å². The lowest BCUT2D eigenvalue weighted by molar-refractivity contribution is 0.334. The van der Waals surface area contributed by atoms with Gasteiger partial charge in [0.25, 0.3) is 5.22 Å². The summed E-state index contributed by atoms with van der Waals surface area (Å²) in [7, 11) is 0. The Morgan fingerprint density at radius 3 is 2.43 bits per heavy atom. The lowest BCUT2D eigenvalue weighted by atomic mass is 9.89. The number of hydrogen-bond acceptors (Lipinski definition) is 9. The van der Waals surface area contributed by atoms with Gasteiger partial charge in [-0.1, -0.05) is 31.0 Å². The van der Waals surface area contributed by atoms with Crippen LogP contribution in [0.15, 0.2) is 9.64 Å². The van der Waals surface area contributed by atoms with Crippen molar-refractivity contribution in [2.75, 3.05) is 11.5 Å². The van der Waals surface area contributed by atoms with E-state index in [1.165, 1.54) is 31.0 Å². The lowest BCUT2D eigenvalue weighted by Gasteiger charge is -2.17. The summed E-state index contributed by atoms with van der Waals surface area (Å²) in [6.45, 7) is 0.